The SMILES string of the molecule is CC.CCOC1CN(C(c2ccccc2)c2ccccc2)C1. The normalized spacial score (nSPS) is 15.1. The number of rotatable bonds is 5. The zero-order chi connectivity index (χ0) is 15.8. The van der Waals surface area contributed by atoms with Crippen molar-refractivity contribution in [1.29, 1.82) is 0 Å². The van der Waals surface area contributed by atoms with Gasteiger partial charge >= 0.3 is 0 Å². The van der Waals surface area contributed by atoms with Gasteiger partial charge in [-0.1, -0.05) is 74.5 Å². The molecule has 1 fully saturated rings. The van der Waals surface area contributed by atoms with Crippen LogP contribution in [0.3, 0.4) is 0 Å². The van der Waals surface area contributed by atoms with Crippen molar-refractivity contribution in [3.05, 3.63) is 71.8 Å². The van der Waals surface area contributed by atoms with E-state index in [1.165, 1.54) is 11.1 Å². The van der Waals surface area contributed by atoms with Crippen LogP contribution in [0, 0.1) is 0 Å². The van der Waals surface area contributed by atoms with Crippen LogP contribution < -0.4 is 0 Å². The fraction of sp³-hybridized carbons (Fsp3) is 0.400. The van der Waals surface area contributed by atoms with Crippen molar-refractivity contribution in [1.82, 2.24) is 4.90 Å². The van der Waals surface area contributed by atoms with Gasteiger partial charge in [0, 0.05) is 19.7 Å². The topological polar surface area (TPSA) is 12.5 Å². The van der Waals surface area contributed by atoms with Crippen LogP contribution in [0.4, 0.5) is 0 Å². The smallest absolute Gasteiger partial charge is 0.0829 e. The Kier molecular flexibility index (Phi) is 6.63. The average molecular weight is 297 g/mol. The van der Waals surface area contributed by atoms with E-state index >= 15 is 0 Å². The third-order valence-corrected chi connectivity index (χ3v) is 3.87. The minimum atomic E-state index is 0.342. The lowest BCUT2D eigenvalue weighted by atomic mass is 9.94. The van der Waals surface area contributed by atoms with Crippen LogP contribution in [-0.2, 0) is 4.74 Å². The summed E-state index contributed by atoms with van der Waals surface area (Å²) in [5.74, 6) is 0. The lowest BCUT2D eigenvalue weighted by Crippen LogP contribution is -2.53. The molecular weight excluding hydrogens is 270 g/mol. The highest BCUT2D eigenvalue weighted by molar-refractivity contribution is 5.32. The second kappa shape index (κ2) is 8.72. The van der Waals surface area contributed by atoms with Crippen molar-refractivity contribution in [2.75, 3.05) is 19.7 Å². The molecule has 0 N–H and O–H groups in total. The van der Waals surface area contributed by atoms with E-state index in [-0.39, 0.29) is 0 Å². The van der Waals surface area contributed by atoms with Gasteiger partial charge in [-0.15, -0.1) is 0 Å². The molecule has 1 saturated heterocycles. The molecule has 0 radical (unpaired) electrons. The van der Waals surface area contributed by atoms with Gasteiger partial charge in [0.2, 0.25) is 0 Å². The monoisotopic (exact) mass is 297 g/mol. The van der Waals surface area contributed by atoms with Crippen molar-refractivity contribution in [2.45, 2.75) is 32.9 Å². The van der Waals surface area contributed by atoms with Crippen molar-refractivity contribution in [3.63, 3.8) is 0 Å². The van der Waals surface area contributed by atoms with E-state index in [1.807, 2.05) is 13.8 Å². The molecule has 0 amide bonds. The van der Waals surface area contributed by atoms with Crippen molar-refractivity contribution in [3.8, 4) is 0 Å². The minimum absolute atomic E-state index is 0.342. The summed E-state index contributed by atoms with van der Waals surface area (Å²) in [5, 5.41) is 0. The van der Waals surface area contributed by atoms with Crippen molar-refractivity contribution >= 4 is 0 Å². The molecule has 0 aliphatic carbocycles. The summed E-state index contributed by atoms with van der Waals surface area (Å²) in [6.45, 7) is 8.90. The minimum Gasteiger partial charge on any atom is -0.376 e. The summed E-state index contributed by atoms with van der Waals surface area (Å²) < 4.78 is 5.69. The first kappa shape index (κ1) is 16.7. The Hall–Kier alpha value is -1.64. The Morgan fingerprint density at radius 3 is 1.77 bits per heavy atom. The maximum absolute atomic E-state index is 5.69. The highest BCUT2D eigenvalue weighted by atomic mass is 16.5. The summed E-state index contributed by atoms with van der Waals surface area (Å²) in [6, 6.07) is 21.8. The second-order valence-electron chi connectivity index (χ2n) is 5.26. The zero-order valence-corrected chi connectivity index (χ0v) is 13.9. The molecule has 2 heteroatoms. The second-order valence-corrected chi connectivity index (χ2v) is 5.26. The van der Waals surface area contributed by atoms with Crippen molar-refractivity contribution < 1.29 is 4.74 Å². The Bertz CT molecular complexity index is 480. The molecule has 0 saturated carbocycles. The van der Waals surface area contributed by atoms with E-state index in [1.54, 1.807) is 0 Å². The van der Waals surface area contributed by atoms with Crippen LogP contribution in [-0.4, -0.2) is 30.7 Å². The highest BCUT2D eigenvalue weighted by Gasteiger charge is 2.34. The van der Waals surface area contributed by atoms with Gasteiger partial charge in [-0.3, -0.25) is 4.90 Å². The Morgan fingerprint density at radius 2 is 1.36 bits per heavy atom. The predicted octanol–water partition coefficient (Wildman–Crippen LogP) is 4.52. The molecule has 2 aromatic rings. The van der Waals surface area contributed by atoms with Gasteiger partial charge in [-0.05, 0) is 18.1 Å². The first-order valence-corrected chi connectivity index (χ1v) is 8.34. The predicted molar refractivity (Wildman–Crippen MR) is 93.1 cm³/mol. The lowest BCUT2D eigenvalue weighted by molar-refractivity contribution is -0.0621. The number of ether oxygens (including phenoxy) is 1. The van der Waals surface area contributed by atoms with Crippen LogP contribution in [0.5, 0.6) is 0 Å². The van der Waals surface area contributed by atoms with Gasteiger partial charge in [0.25, 0.3) is 0 Å². The first-order chi connectivity index (χ1) is 10.9. The maximum atomic E-state index is 5.69. The number of nitrogens with zero attached hydrogens (tertiary/aromatic N) is 1. The Morgan fingerprint density at radius 1 is 0.909 bits per heavy atom. The molecule has 1 heterocycles. The summed E-state index contributed by atoms with van der Waals surface area (Å²) in [7, 11) is 0. The fourth-order valence-corrected chi connectivity index (χ4v) is 2.91. The van der Waals surface area contributed by atoms with Gasteiger partial charge in [0.05, 0.1) is 12.1 Å². The number of hydrogen-bond donors (Lipinski definition) is 0. The van der Waals surface area contributed by atoms with Crippen LogP contribution in [0.1, 0.15) is 37.9 Å². The summed E-state index contributed by atoms with van der Waals surface area (Å²) in [6.07, 6.45) is 0.398. The molecule has 0 spiro atoms. The third kappa shape index (κ3) is 3.96. The van der Waals surface area contributed by atoms with E-state index in [0.717, 1.165) is 19.7 Å². The Labute approximate surface area is 134 Å². The molecule has 0 atom stereocenters. The van der Waals surface area contributed by atoms with E-state index in [9.17, 15) is 0 Å². The third-order valence-electron chi connectivity index (χ3n) is 3.87. The summed E-state index contributed by atoms with van der Waals surface area (Å²) in [5.41, 5.74) is 2.71. The molecule has 1 aliphatic heterocycles. The fourth-order valence-electron chi connectivity index (χ4n) is 2.91. The first-order valence-electron chi connectivity index (χ1n) is 8.34. The maximum Gasteiger partial charge on any atom is 0.0829 e. The Balaban J connectivity index is 0.000000847. The molecule has 3 rings (SSSR count). The van der Waals surface area contributed by atoms with Gasteiger partial charge in [0.1, 0.15) is 0 Å². The molecule has 0 bridgehead atoms. The molecule has 118 valence electrons. The number of likely N-dealkylation sites (tertiary alicyclic amines) is 1. The summed E-state index contributed by atoms with van der Waals surface area (Å²) in [4.78, 5) is 2.49. The molecule has 1 aliphatic rings. The number of benzene rings is 2. The van der Waals surface area contributed by atoms with Crippen molar-refractivity contribution in [2.24, 2.45) is 0 Å². The van der Waals surface area contributed by atoms with E-state index in [4.69, 9.17) is 4.74 Å². The number of hydrogen-bond acceptors (Lipinski definition) is 2. The van der Waals surface area contributed by atoms with E-state index in [2.05, 4.69) is 72.5 Å². The van der Waals surface area contributed by atoms with E-state index < -0.39 is 0 Å². The highest BCUT2D eigenvalue weighted by Crippen LogP contribution is 2.32. The van der Waals surface area contributed by atoms with Gasteiger partial charge in [0.15, 0.2) is 0 Å². The van der Waals surface area contributed by atoms with Crippen LogP contribution in [0.2, 0.25) is 0 Å². The lowest BCUT2D eigenvalue weighted by Gasteiger charge is -2.44. The largest absolute Gasteiger partial charge is 0.376 e. The molecule has 0 unspecified atom stereocenters. The average Bonchev–Trinajstić information content (AvgIpc) is 2.57. The quantitative estimate of drug-likeness (QED) is 0.804. The molecule has 22 heavy (non-hydrogen) atoms. The zero-order valence-electron chi connectivity index (χ0n) is 13.9. The molecule has 2 aromatic carbocycles. The summed E-state index contributed by atoms with van der Waals surface area (Å²) >= 11 is 0. The molecular formula is C20H27NO. The molecule has 0 aromatic heterocycles. The molecule has 2 nitrogen and oxygen atoms in total. The van der Waals surface area contributed by atoms with Crippen LogP contribution in [0.25, 0.3) is 0 Å². The van der Waals surface area contributed by atoms with Crippen LogP contribution in [0.15, 0.2) is 60.7 Å². The van der Waals surface area contributed by atoms with Gasteiger partial charge in [-0.25, -0.2) is 0 Å². The van der Waals surface area contributed by atoms with Gasteiger partial charge in [-0.2, -0.15) is 0 Å². The standard InChI is InChI=1S/C18H21NO.C2H6/c1-2-20-17-13-19(14-17)18(15-9-5-3-6-10-15)16-11-7-4-8-12-16;1-2/h3-12,17-18H,2,13-14H2,1H3;1-2H3. The van der Waals surface area contributed by atoms with Crippen LogP contribution >= 0.6 is 0 Å². The van der Waals surface area contributed by atoms with Gasteiger partial charge < -0.3 is 4.74 Å². The van der Waals surface area contributed by atoms with E-state index in [0.29, 0.717) is 12.1 Å².